The van der Waals surface area contributed by atoms with Gasteiger partial charge in [0.15, 0.2) is 0 Å². The zero-order valence-corrected chi connectivity index (χ0v) is 9.92. The molecule has 0 spiro atoms. The molecule has 1 aliphatic heterocycles. The molecular weight excluding hydrogens is 174 g/mol. The average molecular weight is 199 g/mol. The lowest BCUT2D eigenvalue weighted by Gasteiger charge is -2.29. The predicted octanol–water partition coefficient (Wildman–Crippen LogP) is 0.479. The molecular formula is C11H25N3. The third kappa shape index (κ3) is 4.94. The maximum absolute atomic E-state index is 3.49. The summed E-state index contributed by atoms with van der Waals surface area (Å²) in [7, 11) is 4.30. The van der Waals surface area contributed by atoms with Crippen LogP contribution >= 0.6 is 0 Å². The van der Waals surface area contributed by atoms with Gasteiger partial charge >= 0.3 is 0 Å². The second-order valence-electron chi connectivity index (χ2n) is 4.77. The van der Waals surface area contributed by atoms with Crippen molar-refractivity contribution in [1.82, 2.24) is 15.1 Å². The van der Waals surface area contributed by atoms with Crippen LogP contribution in [-0.4, -0.2) is 63.2 Å². The van der Waals surface area contributed by atoms with E-state index in [9.17, 15) is 0 Å². The van der Waals surface area contributed by atoms with E-state index in [1.807, 2.05) is 0 Å². The summed E-state index contributed by atoms with van der Waals surface area (Å²) >= 11 is 0. The maximum atomic E-state index is 3.49. The summed E-state index contributed by atoms with van der Waals surface area (Å²) in [6.45, 7) is 9.60. The summed E-state index contributed by atoms with van der Waals surface area (Å²) in [6, 6.07) is 0. The molecule has 1 saturated heterocycles. The fourth-order valence-electron chi connectivity index (χ4n) is 1.92. The number of nitrogens with zero attached hydrogens (tertiary/aromatic N) is 2. The molecule has 1 unspecified atom stereocenters. The van der Waals surface area contributed by atoms with Gasteiger partial charge in [-0.3, -0.25) is 0 Å². The predicted molar refractivity (Wildman–Crippen MR) is 61.6 cm³/mol. The van der Waals surface area contributed by atoms with Crippen LogP contribution in [0.2, 0.25) is 0 Å². The summed E-state index contributed by atoms with van der Waals surface area (Å²) < 4.78 is 0. The van der Waals surface area contributed by atoms with Crippen molar-refractivity contribution in [3.05, 3.63) is 0 Å². The number of likely N-dealkylation sites (N-methyl/N-ethyl adjacent to an activating group) is 1. The summed E-state index contributed by atoms with van der Waals surface area (Å²) in [5, 5.41) is 3.49. The third-order valence-corrected chi connectivity index (χ3v) is 2.75. The molecule has 3 nitrogen and oxygen atoms in total. The molecule has 84 valence electrons. The van der Waals surface area contributed by atoms with Crippen LogP contribution in [0.3, 0.4) is 0 Å². The smallest absolute Gasteiger partial charge is 0.0109 e. The SMILES string of the molecule is CC1CNCCCN(CCN(C)C)C1. The standard InChI is InChI=1S/C11H25N3/c1-11-9-12-5-4-6-14(10-11)8-7-13(2)3/h11-12H,4-10H2,1-3H3. The van der Waals surface area contributed by atoms with Gasteiger partial charge in [-0.05, 0) is 46.1 Å². The normalized spacial score (nSPS) is 26.1. The first-order valence-electron chi connectivity index (χ1n) is 5.76. The van der Waals surface area contributed by atoms with Crippen molar-refractivity contribution >= 4 is 0 Å². The highest BCUT2D eigenvalue weighted by atomic mass is 15.2. The van der Waals surface area contributed by atoms with Crippen molar-refractivity contribution in [1.29, 1.82) is 0 Å². The Morgan fingerprint density at radius 2 is 2.21 bits per heavy atom. The van der Waals surface area contributed by atoms with Crippen LogP contribution in [0.25, 0.3) is 0 Å². The minimum atomic E-state index is 0.789. The zero-order chi connectivity index (χ0) is 10.4. The average Bonchev–Trinajstić information content (AvgIpc) is 2.08. The lowest BCUT2D eigenvalue weighted by Crippen LogP contribution is -2.41. The van der Waals surface area contributed by atoms with Gasteiger partial charge in [-0.15, -0.1) is 0 Å². The first-order valence-corrected chi connectivity index (χ1v) is 5.76. The molecule has 0 saturated carbocycles. The molecule has 14 heavy (non-hydrogen) atoms. The number of hydrogen-bond donors (Lipinski definition) is 1. The van der Waals surface area contributed by atoms with Gasteiger partial charge in [0.05, 0.1) is 0 Å². The van der Waals surface area contributed by atoms with Gasteiger partial charge in [-0.25, -0.2) is 0 Å². The van der Waals surface area contributed by atoms with Crippen LogP contribution in [0.4, 0.5) is 0 Å². The van der Waals surface area contributed by atoms with E-state index >= 15 is 0 Å². The zero-order valence-electron chi connectivity index (χ0n) is 9.92. The lowest BCUT2D eigenvalue weighted by molar-refractivity contribution is 0.198. The van der Waals surface area contributed by atoms with Gasteiger partial charge in [0.25, 0.3) is 0 Å². The molecule has 0 aromatic carbocycles. The molecule has 3 heteroatoms. The minimum absolute atomic E-state index is 0.789. The fourth-order valence-corrected chi connectivity index (χ4v) is 1.92. The van der Waals surface area contributed by atoms with Crippen LogP contribution in [0.1, 0.15) is 13.3 Å². The third-order valence-electron chi connectivity index (χ3n) is 2.75. The molecule has 0 amide bonds. The largest absolute Gasteiger partial charge is 0.316 e. The molecule has 1 N–H and O–H groups in total. The topological polar surface area (TPSA) is 18.5 Å². The summed E-state index contributed by atoms with van der Waals surface area (Å²) in [6.07, 6.45) is 1.29. The second kappa shape index (κ2) is 6.38. The van der Waals surface area contributed by atoms with E-state index in [1.54, 1.807) is 0 Å². The van der Waals surface area contributed by atoms with Crippen LogP contribution in [0.15, 0.2) is 0 Å². The van der Waals surface area contributed by atoms with Crippen molar-refractivity contribution < 1.29 is 0 Å². The van der Waals surface area contributed by atoms with Crippen LogP contribution in [0, 0.1) is 5.92 Å². The Morgan fingerprint density at radius 3 is 2.93 bits per heavy atom. The molecule has 1 fully saturated rings. The molecule has 1 aliphatic rings. The first kappa shape index (κ1) is 12.0. The summed E-state index contributed by atoms with van der Waals surface area (Å²) in [5.41, 5.74) is 0. The van der Waals surface area contributed by atoms with Crippen LogP contribution in [0.5, 0.6) is 0 Å². The van der Waals surface area contributed by atoms with Gasteiger partial charge in [-0.2, -0.15) is 0 Å². The molecule has 0 aromatic rings. The van der Waals surface area contributed by atoms with Crippen LogP contribution < -0.4 is 5.32 Å². The Balaban J connectivity index is 2.25. The second-order valence-corrected chi connectivity index (χ2v) is 4.77. The minimum Gasteiger partial charge on any atom is -0.316 e. The van der Waals surface area contributed by atoms with Gasteiger partial charge in [0, 0.05) is 19.6 Å². The number of nitrogens with one attached hydrogen (secondary N) is 1. The highest BCUT2D eigenvalue weighted by Crippen LogP contribution is 2.03. The van der Waals surface area contributed by atoms with E-state index in [0.717, 1.165) is 5.92 Å². The molecule has 0 radical (unpaired) electrons. The van der Waals surface area contributed by atoms with Crippen LogP contribution in [-0.2, 0) is 0 Å². The highest BCUT2D eigenvalue weighted by Gasteiger charge is 2.12. The van der Waals surface area contributed by atoms with E-state index in [2.05, 4.69) is 36.1 Å². The van der Waals surface area contributed by atoms with Crippen molar-refractivity contribution in [3.8, 4) is 0 Å². The summed E-state index contributed by atoms with van der Waals surface area (Å²) in [5.74, 6) is 0.789. The van der Waals surface area contributed by atoms with Gasteiger partial charge in [0.1, 0.15) is 0 Å². The van der Waals surface area contributed by atoms with Crippen molar-refractivity contribution in [3.63, 3.8) is 0 Å². The fraction of sp³-hybridized carbons (Fsp3) is 1.00. The lowest BCUT2D eigenvalue weighted by atomic mass is 10.1. The van der Waals surface area contributed by atoms with Crippen molar-refractivity contribution in [2.24, 2.45) is 5.92 Å². The molecule has 0 aliphatic carbocycles. The molecule has 1 heterocycles. The first-order chi connectivity index (χ1) is 6.68. The monoisotopic (exact) mass is 199 g/mol. The van der Waals surface area contributed by atoms with E-state index in [1.165, 1.54) is 45.7 Å². The summed E-state index contributed by atoms with van der Waals surface area (Å²) in [4.78, 5) is 4.87. The van der Waals surface area contributed by atoms with E-state index < -0.39 is 0 Å². The van der Waals surface area contributed by atoms with Gasteiger partial charge < -0.3 is 15.1 Å². The number of rotatable bonds is 3. The van der Waals surface area contributed by atoms with E-state index in [-0.39, 0.29) is 0 Å². The Labute approximate surface area is 88.5 Å². The van der Waals surface area contributed by atoms with Crippen molar-refractivity contribution in [2.75, 3.05) is 53.4 Å². The van der Waals surface area contributed by atoms with E-state index in [0.29, 0.717) is 0 Å². The maximum Gasteiger partial charge on any atom is 0.0109 e. The molecule has 0 aromatic heterocycles. The van der Waals surface area contributed by atoms with E-state index in [4.69, 9.17) is 0 Å². The molecule has 1 atom stereocenters. The quantitative estimate of drug-likeness (QED) is 0.713. The van der Waals surface area contributed by atoms with Crippen molar-refractivity contribution in [2.45, 2.75) is 13.3 Å². The Bertz CT molecular complexity index is 147. The Hall–Kier alpha value is -0.120. The van der Waals surface area contributed by atoms with Gasteiger partial charge in [0.2, 0.25) is 0 Å². The molecule has 0 bridgehead atoms. The molecule has 1 rings (SSSR count). The van der Waals surface area contributed by atoms with Gasteiger partial charge in [-0.1, -0.05) is 6.92 Å². The Morgan fingerprint density at radius 1 is 1.43 bits per heavy atom. The Kier molecular flexibility index (Phi) is 5.45. The number of hydrogen-bond acceptors (Lipinski definition) is 3. The highest BCUT2D eigenvalue weighted by molar-refractivity contribution is 4.69.